The molecule has 0 spiro atoms. The first kappa shape index (κ1) is 31.6. The van der Waals surface area contributed by atoms with Crippen LogP contribution in [0.3, 0.4) is 0 Å². The van der Waals surface area contributed by atoms with Crippen LogP contribution in [0.5, 0.6) is 5.75 Å². The SMILES string of the molecule is COc1cc(N2CCC(N3CCN(C)CC3)CC2)c(Cl)cc1Nc1nc(Nc2ccc3nccnc3c2P(C)(C)=O)c2cc[nH]c2n1. The minimum atomic E-state index is -2.77. The van der Waals surface area contributed by atoms with Crippen molar-refractivity contribution in [3.8, 4) is 5.75 Å². The number of hydrogen-bond donors (Lipinski definition) is 3. The summed E-state index contributed by atoms with van der Waals surface area (Å²) in [5.74, 6) is 1.53. The molecule has 5 heterocycles. The van der Waals surface area contributed by atoms with Crippen LogP contribution >= 0.6 is 18.7 Å². The molecule has 5 aromatic rings. The third-order valence-electron chi connectivity index (χ3n) is 9.20. The van der Waals surface area contributed by atoms with Crippen LogP contribution in [0.15, 0.2) is 48.9 Å². The van der Waals surface area contributed by atoms with Gasteiger partial charge in [0.2, 0.25) is 5.95 Å². The van der Waals surface area contributed by atoms with Crippen molar-refractivity contribution in [2.75, 3.05) is 82.3 Å². The molecule has 2 aliphatic rings. The second kappa shape index (κ2) is 12.9. The van der Waals surface area contributed by atoms with E-state index in [4.69, 9.17) is 26.3 Å². The van der Waals surface area contributed by atoms with E-state index in [0.29, 0.717) is 61.9 Å². The monoisotopic (exact) mass is 674 g/mol. The number of H-pyrrole nitrogens is 1. The van der Waals surface area contributed by atoms with E-state index < -0.39 is 7.14 Å². The van der Waals surface area contributed by atoms with Gasteiger partial charge in [0.05, 0.1) is 45.4 Å². The average Bonchev–Trinajstić information content (AvgIpc) is 3.54. The molecule has 0 bridgehead atoms. The lowest BCUT2D eigenvalue weighted by Crippen LogP contribution is -2.52. The maximum Gasteiger partial charge on any atom is 0.231 e. The number of piperazine rings is 1. The second-order valence-corrected chi connectivity index (χ2v) is 16.2. The molecule has 2 saturated heterocycles. The van der Waals surface area contributed by atoms with Crippen LogP contribution in [-0.2, 0) is 4.57 Å². The quantitative estimate of drug-likeness (QED) is 0.180. The van der Waals surface area contributed by atoms with Gasteiger partial charge in [-0.25, -0.2) is 0 Å². The van der Waals surface area contributed by atoms with E-state index in [2.05, 4.69) is 47.3 Å². The summed E-state index contributed by atoms with van der Waals surface area (Å²) in [5, 5.41) is 8.80. The molecule has 0 amide bonds. The summed E-state index contributed by atoms with van der Waals surface area (Å²) in [6, 6.07) is 10.1. The fraction of sp³-hybridized carbons (Fsp3) is 0.394. The van der Waals surface area contributed by atoms with Gasteiger partial charge in [-0.1, -0.05) is 11.6 Å². The van der Waals surface area contributed by atoms with Crippen LogP contribution in [0.1, 0.15) is 12.8 Å². The maximum atomic E-state index is 13.5. The summed E-state index contributed by atoms with van der Waals surface area (Å²) in [7, 11) is 1.08. The summed E-state index contributed by atoms with van der Waals surface area (Å²) >= 11 is 6.93. The minimum absolute atomic E-state index is 0.343. The fourth-order valence-electron chi connectivity index (χ4n) is 6.72. The smallest absolute Gasteiger partial charge is 0.231 e. The molecule has 12 nitrogen and oxygen atoms in total. The number of ether oxygens (including phenoxy) is 1. The number of hydrogen-bond acceptors (Lipinski definition) is 11. The first-order chi connectivity index (χ1) is 22.7. The Hall–Kier alpha value is -3.96. The number of anilines is 5. The lowest BCUT2D eigenvalue weighted by molar-refractivity contribution is 0.0982. The highest BCUT2D eigenvalue weighted by atomic mass is 35.5. The Kier molecular flexibility index (Phi) is 8.69. The minimum Gasteiger partial charge on any atom is -0.494 e. The van der Waals surface area contributed by atoms with Gasteiger partial charge in [0.15, 0.2) is 0 Å². The van der Waals surface area contributed by atoms with Crippen LogP contribution in [-0.4, -0.2) is 108 Å². The number of halogens is 1. The lowest BCUT2D eigenvalue weighted by atomic mass is 10.0. The summed E-state index contributed by atoms with van der Waals surface area (Å²) in [4.78, 5) is 29.1. The molecule has 14 heteroatoms. The molecular formula is C33H40ClN10O2P. The predicted octanol–water partition coefficient (Wildman–Crippen LogP) is 5.51. The maximum absolute atomic E-state index is 13.5. The standard InChI is InChI=1S/C33H40ClN10O2P/c1-42-15-17-43(18-16-42)21-8-13-44(14-9-21)27-20-28(46-2)26(19-23(27)34)39-33-40-31-22(7-10-37-31)32(41-33)38-25-6-5-24-29(36-12-11-35-24)30(25)47(3,4)45/h5-7,10-12,19-21H,8-9,13-18H2,1-4H3,(H3,37,38,39,40,41). The van der Waals surface area contributed by atoms with Crippen molar-refractivity contribution in [2.45, 2.75) is 18.9 Å². The molecule has 47 heavy (non-hydrogen) atoms. The van der Waals surface area contributed by atoms with Crippen molar-refractivity contribution < 1.29 is 9.30 Å². The zero-order valence-corrected chi connectivity index (χ0v) is 28.8. The molecule has 0 radical (unpaired) electrons. The zero-order chi connectivity index (χ0) is 32.7. The molecule has 0 saturated carbocycles. The molecule has 2 aliphatic heterocycles. The van der Waals surface area contributed by atoms with Crippen molar-refractivity contribution in [3.05, 3.63) is 53.9 Å². The number of fused-ring (bicyclic) bond motifs is 2. The Labute approximate surface area is 279 Å². The Balaban J connectivity index is 1.15. The molecule has 3 N–H and O–H groups in total. The van der Waals surface area contributed by atoms with E-state index >= 15 is 0 Å². The third kappa shape index (κ3) is 6.47. The molecule has 0 atom stereocenters. The number of nitrogens with zero attached hydrogens (tertiary/aromatic N) is 7. The molecule has 3 aromatic heterocycles. The Morgan fingerprint density at radius 2 is 1.72 bits per heavy atom. The first-order valence-electron chi connectivity index (χ1n) is 15.9. The Bertz CT molecular complexity index is 1960. The van der Waals surface area contributed by atoms with E-state index in [0.717, 1.165) is 63.2 Å². The van der Waals surface area contributed by atoms with E-state index in [1.807, 2.05) is 36.5 Å². The van der Waals surface area contributed by atoms with Gasteiger partial charge >= 0.3 is 0 Å². The Morgan fingerprint density at radius 1 is 0.957 bits per heavy atom. The zero-order valence-electron chi connectivity index (χ0n) is 27.1. The number of methoxy groups -OCH3 is 1. The van der Waals surface area contributed by atoms with Crippen LogP contribution in [0.2, 0.25) is 5.02 Å². The molecule has 0 aliphatic carbocycles. The van der Waals surface area contributed by atoms with Gasteiger partial charge in [-0.2, -0.15) is 9.97 Å². The molecule has 2 aromatic carbocycles. The van der Waals surface area contributed by atoms with E-state index in [9.17, 15) is 4.57 Å². The van der Waals surface area contributed by atoms with Gasteiger partial charge in [0.1, 0.15) is 29.9 Å². The first-order valence-corrected chi connectivity index (χ1v) is 18.9. The van der Waals surface area contributed by atoms with Crippen molar-refractivity contribution in [2.24, 2.45) is 0 Å². The van der Waals surface area contributed by atoms with Crippen molar-refractivity contribution in [1.29, 1.82) is 0 Å². The largest absolute Gasteiger partial charge is 0.494 e. The van der Waals surface area contributed by atoms with Crippen molar-refractivity contribution in [1.82, 2.24) is 34.7 Å². The lowest BCUT2D eigenvalue weighted by Gasteiger charge is -2.42. The summed E-state index contributed by atoms with van der Waals surface area (Å²) in [6.45, 7) is 9.90. The number of aromatic amines is 1. The van der Waals surface area contributed by atoms with E-state index in [1.165, 1.54) is 0 Å². The molecule has 2 fully saturated rings. The highest BCUT2D eigenvalue weighted by Gasteiger charge is 2.28. The number of benzene rings is 2. The van der Waals surface area contributed by atoms with Gasteiger partial charge in [0.25, 0.3) is 0 Å². The third-order valence-corrected chi connectivity index (χ3v) is 11.0. The second-order valence-electron chi connectivity index (χ2n) is 12.7. The summed E-state index contributed by atoms with van der Waals surface area (Å²) in [6.07, 6.45) is 7.28. The number of rotatable bonds is 8. The van der Waals surface area contributed by atoms with Gasteiger partial charge in [-0.3, -0.25) is 14.9 Å². The van der Waals surface area contributed by atoms with Crippen LogP contribution < -0.4 is 25.6 Å². The Morgan fingerprint density at radius 3 is 2.47 bits per heavy atom. The van der Waals surface area contributed by atoms with Gasteiger partial charge < -0.3 is 34.7 Å². The van der Waals surface area contributed by atoms with Gasteiger partial charge in [-0.15, -0.1) is 0 Å². The highest BCUT2D eigenvalue weighted by molar-refractivity contribution is 7.71. The topological polar surface area (TPSA) is 127 Å². The highest BCUT2D eigenvalue weighted by Crippen LogP contribution is 2.42. The van der Waals surface area contributed by atoms with E-state index in [1.54, 1.807) is 32.8 Å². The predicted molar refractivity (Wildman–Crippen MR) is 191 cm³/mol. The van der Waals surface area contributed by atoms with Crippen LogP contribution in [0.4, 0.5) is 28.8 Å². The number of aromatic nitrogens is 5. The van der Waals surface area contributed by atoms with Crippen molar-refractivity contribution >= 4 is 74.9 Å². The van der Waals surface area contributed by atoms with Gasteiger partial charge in [0, 0.05) is 70.0 Å². The fourth-order valence-corrected chi connectivity index (χ4v) is 8.40. The van der Waals surface area contributed by atoms with Gasteiger partial charge in [-0.05, 0) is 57.5 Å². The van der Waals surface area contributed by atoms with Crippen LogP contribution in [0, 0.1) is 0 Å². The molecule has 246 valence electrons. The number of likely N-dealkylation sites (N-methyl/N-ethyl adjacent to an activating group) is 1. The van der Waals surface area contributed by atoms with E-state index in [-0.39, 0.29) is 0 Å². The normalized spacial score (nSPS) is 17.0. The van der Waals surface area contributed by atoms with Crippen molar-refractivity contribution in [3.63, 3.8) is 0 Å². The van der Waals surface area contributed by atoms with Crippen LogP contribution in [0.25, 0.3) is 22.1 Å². The molecule has 0 unspecified atom stereocenters. The summed E-state index contributed by atoms with van der Waals surface area (Å²) < 4.78 is 19.4. The number of piperidine rings is 1. The number of nitrogens with one attached hydrogen (secondary N) is 3. The molecule has 7 rings (SSSR count). The molecular weight excluding hydrogens is 635 g/mol. The summed E-state index contributed by atoms with van der Waals surface area (Å²) in [5.41, 5.74) is 4.18. The average molecular weight is 675 g/mol.